The summed E-state index contributed by atoms with van der Waals surface area (Å²) in [5.41, 5.74) is 0.648. The Bertz CT molecular complexity index is 588. The Labute approximate surface area is 117 Å². The molecule has 1 aromatic rings. The first-order valence-electron chi connectivity index (χ1n) is 5.88. The first kappa shape index (κ1) is 12.8. The summed E-state index contributed by atoms with van der Waals surface area (Å²) in [6.07, 6.45) is 0.990. The Morgan fingerprint density at radius 3 is 2.83 bits per heavy atom. The highest BCUT2D eigenvalue weighted by Gasteiger charge is 2.45. The van der Waals surface area contributed by atoms with Crippen molar-refractivity contribution in [3.8, 4) is 0 Å². The van der Waals surface area contributed by atoms with Crippen LogP contribution < -0.4 is 0 Å². The molecular weight excluding hydrogens is 290 g/mol. The van der Waals surface area contributed by atoms with E-state index < -0.39 is 10.0 Å². The molecule has 2 heterocycles. The van der Waals surface area contributed by atoms with Gasteiger partial charge in [0, 0.05) is 28.6 Å². The third-order valence-electron chi connectivity index (χ3n) is 3.65. The Morgan fingerprint density at radius 1 is 1.44 bits per heavy atom. The molecule has 0 N–H and O–H groups in total. The zero-order chi connectivity index (χ0) is 12.9. The molecule has 3 nitrogen and oxygen atoms in total. The zero-order valence-electron chi connectivity index (χ0n) is 9.97. The van der Waals surface area contributed by atoms with Crippen LogP contribution in [0.1, 0.15) is 12.0 Å². The molecule has 1 aromatic carbocycles. The molecule has 0 amide bonds. The quantitative estimate of drug-likeness (QED) is 0.842. The third kappa shape index (κ3) is 1.88. The van der Waals surface area contributed by atoms with E-state index in [0.717, 1.165) is 12.2 Å². The van der Waals surface area contributed by atoms with Crippen molar-refractivity contribution in [3.63, 3.8) is 0 Å². The molecule has 2 aliphatic rings. The predicted molar refractivity (Wildman–Crippen MR) is 74.7 cm³/mol. The number of halogens is 1. The lowest BCUT2D eigenvalue weighted by molar-refractivity contribution is 0.409. The van der Waals surface area contributed by atoms with Crippen LogP contribution in [0.2, 0.25) is 5.02 Å². The van der Waals surface area contributed by atoms with Crippen LogP contribution in [0.5, 0.6) is 0 Å². The Balaban J connectivity index is 2.02. The molecule has 0 aromatic heterocycles. The second-order valence-corrected chi connectivity index (χ2v) is 8.38. The summed E-state index contributed by atoms with van der Waals surface area (Å²) in [4.78, 5) is 0.354. The third-order valence-corrected chi connectivity index (χ3v) is 7.52. The van der Waals surface area contributed by atoms with Crippen molar-refractivity contribution in [1.29, 1.82) is 0 Å². The molecule has 2 bridgehead atoms. The van der Waals surface area contributed by atoms with Crippen LogP contribution >= 0.6 is 23.4 Å². The average molecular weight is 304 g/mol. The summed E-state index contributed by atoms with van der Waals surface area (Å²) in [7, 11) is -3.39. The largest absolute Gasteiger partial charge is 0.243 e. The van der Waals surface area contributed by atoms with E-state index in [4.69, 9.17) is 11.6 Å². The number of fused-ring (bicyclic) bond motifs is 2. The zero-order valence-corrected chi connectivity index (χ0v) is 12.4. The van der Waals surface area contributed by atoms with Crippen molar-refractivity contribution in [3.05, 3.63) is 28.8 Å². The van der Waals surface area contributed by atoms with Crippen molar-refractivity contribution < 1.29 is 8.42 Å². The predicted octanol–water partition coefficient (Wildman–Crippen LogP) is 2.53. The first-order chi connectivity index (χ1) is 8.50. The van der Waals surface area contributed by atoms with Crippen LogP contribution in [-0.4, -0.2) is 36.3 Å². The van der Waals surface area contributed by atoms with Crippen LogP contribution in [0.4, 0.5) is 0 Å². The summed E-state index contributed by atoms with van der Waals surface area (Å²) in [5.74, 6) is 0.920. The monoisotopic (exact) mass is 303 g/mol. The molecule has 3 rings (SSSR count). The van der Waals surface area contributed by atoms with Gasteiger partial charge in [0.1, 0.15) is 0 Å². The number of thioether (sulfide) groups is 1. The van der Waals surface area contributed by atoms with Crippen LogP contribution in [0.25, 0.3) is 0 Å². The minimum Gasteiger partial charge on any atom is -0.207 e. The van der Waals surface area contributed by atoms with Crippen molar-refractivity contribution in [2.24, 2.45) is 0 Å². The standard InChI is InChI=1S/C12H14ClNO2S2/c1-8-11(13)3-2-4-12(8)18(15,16)14-6-10-5-9(14)7-17-10/h2-4,9-10H,5-7H2,1H3. The lowest BCUT2D eigenvalue weighted by atomic mass is 10.2. The van der Waals surface area contributed by atoms with Crippen molar-refractivity contribution >= 4 is 33.4 Å². The average Bonchev–Trinajstić information content (AvgIpc) is 2.94. The van der Waals surface area contributed by atoms with E-state index in [-0.39, 0.29) is 6.04 Å². The Morgan fingerprint density at radius 2 is 2.22 bits per heavy atom. The molecular formula is C12H14ClNO2S2. The molecule has 2 unspecified atom stereocenters. The van der Waals surface area contributed by atoms with Crippen LogP contribution in [-0.2, 0) is 10.0 Å². The van der Waals surface area contributed by atoms with Crippen molar-refractivity contribution in [2.45, 2.75) is 29.5 Å². The van der Waals surface area contributed by atoms with Gasteiger partial charge in [-0.15, -0.1) is 0 Å². The van der Waals surface area contributed by atoms with Gasteiger partial charge in [-0.2, -0.15) is 16.1 Å². The minimum atomic E-state index is -3.39. The van der Waals surface area contributed by atoms with E-state index in [9.17, 15) is 8.42 Å². The Hall–Kier alpha value is -0.230. The molecule has 0 saturated carbocycles. The fourth-order valence-corrected chi connectivity index (χ4v) is 6.44. The fourth-order valence-electron chi connectivity index (χ4n) is 2.65. The van der Waals surface area contributed by atoms with Gasteiger partial charge in [-0.25, -0.2) is 8.42 Å². The van der Waals surface area contributed by atoms with Crippen molar-refractivity contribution in [1.82, 2.24) is 4.31 Å². The molecule has 0 aliphatic carbocycles. The van der Waals surface area contributed by atoms with Crippen LogP contribution in [0.3, 0.4) is 0 Å². The van der Waals surface area contributed by atoms with Gasteiger partial charge < -0.3 is 0 Å². The number of sulfonamides is 1. The van der Waals surface area contributed by atoms with Gasteiger partial charge in [0.05, 0.1) is 4.90 Å². The van der Waals surface area contributed by atoms with Gasteiger partial charge >= 0.3 is 0 Å². The van der Waals surface area contributed by atoms with E-state index in [1.54, 1.807) is 29.4 Å². The van der Waals surface area contributed by atoms with E-state index in [1.165, 1.54) is 0 Å². The number of hydrogen-bond donors (Lipinski definition) is 0. The van der Waals surface area contributed by atoms with Crippen LogP contribution in [0.15, 0.2) is 23.1 Å². The summed E-state index contributed by atoms with van der Waals surface area (Å²) in [5, 5.41) is 0.985. The maximum atomic E-state index is 12.7. The van der Waals surface area contributed by atoms with Gasteiger partial charge in [0.15, 0.2) is 0 Å². The molecule has 18 heavy (non-hydrogen) atoms. The van der Waals surface area contributed by atoms with Crippen LogP contribution in [0, 0.1) is 6.92 Å². The molecule has 98 valence electrons. The lowest BCUT2D eigenvalue weighted by Gasteiger charge is -2.26. The summed E-state index contributed by atoms with van der Waals surface area (Å²) < 4.78 is 27.0. The van der Waals surface area contributed by atoms with E-state index >= 15 is 0 Å². The van der Waals surface area contributed by atoms with Gasteiger partial charge in [-0.05, 0) is 31.0 Å². The van der Waals surface area contributed by atoms with Gasteiger partial charge in [-0.3, -0.25) is 0 Å². The second kappa shape index (κ2) is 4.40. The number of benzene rings is 1. The lowest BCUT2D eigenvalue weighted by Crippen LogP contribution is -2.39. The normalized spacial score (nSPS) is 27.9. The number of nitrogens with zero attached hydrogens (tertiary/aromatic N) is 1. The first-order valence-corrected chi connectivity index (χ1v) is 8.75. The molecule has 2 saturated heterocycles. The highest BCUT2D eigenvalue weighted by atomic mass is 35.5. The van der Waals surface area contributed by atoms with E-state index in [2.05, 4.69) is 0 Å². The Kier molecular flexibility index (Phi) is 3.13. The van der Waals surface area contributed by atoms with Gasteiger partial charge in [-0.1, -0.05) is 17.7 Å². The minimum absolute atomic E-state index is 0.170. The summed E-state index contributed by atoms with van der Waals surface area (Å²) >= 11 is 7.90. The number of rotatable bonds is 2. The second-order valence-electron chi connectivity index (χ2n) is 4.78. The maximum Gasteiger partial charge on any atom is 0.243 e. The highest BCUT2D eigenvalue weighted by molar-refractivity contribution is 8.00. The molecule has 0 spiro atoms. The van der Waals surface area contributed by atoms with E-state index in [1.807, 2.05) is 11.8 Å². The topological polar surface area (TPSA) is 37.4 Å². The molecule has 2 aliphatic heterocycles. The summed E-state index contributed by atoms with van der Waals surface area (Å²) in [6, 6.07) is 5.24. The van der Waals surface area contributed by atoms with Gasteiger partial charge in [0.25, 0.3) is 0 Å². The number of hydrogen-bond acceptors (Lipinski definition) is 3. The van der Waals surface area contributed by atoms with E-state index in [0.29, 0.717) is 27.3 Å². The summed E-state index contributed by atoms with van der Waals surface area (Å²) in [6.45, 7) is 2.40. The van der Waals surface area contributed by atoms with Crippen molar-refractivity contribution in [2.75, 3.05) is 12.3 Å². The highest BCUT2D eigenvalue weighted by Crippen LogP contribution is 2.41. The SMILES string of the molecule is Cc1c(Cl)cccc1S(=O)(=O)N1CC2CC1CS2. The van der Waals surface area contributed by atoms with Gasteiger partial charge in [0.2, 0.25) is 10.0 Å². The molecule has 6 heteroatoms. The molecule has 0 radical (unpaired) electrons. The molecule has 2 fully saturated rings. The maximum absolute atomic E-state index is 12.7. The fraction of sp³-hybridized carbons (Fsp3) is 0.500. The smallest absolute Gasteiger partial charge is 0.207 e. The molecule has 2 atom stereocenters.